The summed E-state index contributed by atoms with van der Waals surface area (Å²) in [6.45, 7) is 1.53. The number of likely N-dealkylation sites (tertiary alicyclic amines) is 1. The maximum absolute atomic E-state index is 12.5. The van der Waals surface area contributed by atoms with Gasteiger partial charge in [-0.3, -0.25) is 9.59 Å². The minimum Gasteiger partial charge on any atom is -0.484 e. The number of primary amides is 1. The van der Waals surface area contributed by atoms with Gasteiger partial charge in [0.2, 0.25) is 5.91 Å². The first-order valence-electron chi connectivity index (χ1n) is 9.64. The van der Waals surface area contributed by atoms with E-state index in [0.29, 0.717) is 23.5 Å². The Morgan fingerprint density at radius 2 is 1.89 bits per heavy atom. The van der Waals surface area contributed by atoms with Crippen LogP contribution in [-0.4, -0.2) is 47.9 Å². The molecule has 0 saturated carbocycles. The van der Waals surface area contributed by atoms with Gasteiger partial charge in [0.15, 0.2) is 6.61 Å². The zero-order valence-corrected chi connectivity index (χ0v) is 17.2. The summed E-state index contributed by atoms with van der Waals surface area (Å²) in [5.74, 6) is 3.29. The highest BCUT2D eigenvalue weighted by Crippen LogP contribution is 2.43. The van der Waals surface area contributed by atoms with Crippen LogP contribution < -0.4 is 10.5 Å². The van der Waals surface area contributed by atoms with Gasteiger partial charge in [-0.2, -0.15) is 0 Å². The minimum atomic E-state index is -0.268. The highest BCUT2D eigenvalue weighted by Gasteiger charge is 2.24. The number of hydrogen-bond donors (Lipinski definition) is 1. The van der Waals surface area contributed by atoms with Crippen molar-refractivity contribution in [2.24, 2.45) is 11.7 Å². The molecule has 3 rings (SSSR count). The van der Waals surface area contributed by atoms with Crippen molar-refractivity contribution in [1.29, 1.82) is 0 Å². The van der Waals surface area contributed by atoms with Crippen molar-refractivity contribution >= 4 is 35.3 Å². The van der Waals surface area contributed by atoms with Crippen LogP contribution in [0.25, 0.3) is 0 Å². The predicted octanol–water partition coefficient (Wildman–Crippen LogP) is 3.44. The Kier molecular flexibility index (Phi) is 7.76. The molecule has 0 aliphatic carbocycles. The summed E-state index contributed by atoms with van der Waals surface area (Å²) in [7, 11) is 0. The third-order valence-corrected chi connectivity index (χ3v) is 8.03. The summed E-state index contributed by atoms with van der Waals surface area (Å²) < 4.78 is 6.23. The van der Waals surface area contributed by atoms with E-state index in [0.717, 1.165) is 31.6 Å². The summed E-state index contributed by atoms with van der Waals surface area (Å²) in [5.41, 5.74) is 6.55. The van der Waals surface area contributed by atoms with E-state index in [-0.39, 0.29) is 18.4 Å². The number of piperidine rings is 1. The van der Waals surface area contributed by atoms with Crippen molar-refractivity contribution in [3.63, 3.8) is 0 Å². The fourth-order valence-corrected chi connectivity index (χ4v) is 6.41. The lowest BCUT2D eigenvalue weighted by Gasteiger charge is -2.32. The average Bonchev–Trinajstić information content (AvgIpc) is 2.72. The van der Waals surface area contributed by atoms with Crippen LogP contribution in [0.1, 0.15) is 42.2 Å². The van der Waals surface area contributed by atoms with Gasteiger partial charge in [-0.05, 0) is 60.8 Å². The van der Waals surface area contributed by atoms with E-state index in [2.05, 4.69) is 12.1 Å². The molecule has 1 unspecified atom stereocenters. The van der Waals surface area contributed by atoms with Crippen molar-refractivity contribution < 1.29 is 14.3 Å². The number of nitrogens with zero attached hydrogens (tertiary/aromatic N) is 1. The van der Waals surface area contributed by atoms with Gasteiger partial charge in [0.1, 0.15) is 5.75 Å². The van der Waals surface area contributed by atoms with Gasteiger partial charge in [0.05, 0.1) is 4.58 Å². The van der Waals surface area contributed by atoms with Crippen LogP contribution in [0.15, 0.2) is 24.3 Å². The number of rotatable bonds is 7. The number of hydrogen-bond acceptors (Lipinski definition) is 5. The van der Waals surface area contributed by atoms with Gasteiger partial charge >= 0.3 is 0 Å². The van der Waals surface area contributed by atoms with Crippen molar-refractivity contribution in [1.82, 2.24) is 4.90 Å². The van der Waals surface area contributed by atoms with Crippen LogP contribution in [-0.2, 0) is 9.59 Å². The van der Waals surface area contributed by atoms with Gasteiger partial charge < -0.3 is 15.4 Å². The van der Waals surface area contributed by atoms with Crippen LogP contribution in [0, 0.1) is 5.92 Å². The second kappa shape index (κ2) is 10.3. The van der Waals surface area contributed by atoms with Crippen molar-refractivity contribution in [2.45, 2.75) is 36.7 Å². The lowest BCUT2D eigenvalue weighted by molar-refractivity contribution is -0.135. The molecule has 2 saturated heterocycles. The van der Waals surface area contributed by atoms with Crippen LogP contribution in [0.4, 0.5) is 0 Å². The largest absolute Gasteiger partial charge is 0.484 e. The first kappa shape index (κ1) is 20.4. The lowest BCUT2D eigenvalue weighted by Crippen LogP contribution is -2.42. The molecule has 1 aromatic carbocycles. The second-order valence-corrected chi connectivity index (χ2v) is 9.86. The van der Waals surface area contributed by atoms with Crippen molar-refractivity contribution in [3.8, 4) is 5.75 Å². The van der Waals surface area contributed by atoms with E-state index in [9.17, 15) is 9.59 Å². The van der Waals surface area contributed by atoms with E-state index in [1.54, 1.807) is 0 Å². The van der Waals surface area contributed by atoms with Crippen LogP contribution in [0.2, 0.25) is 0 Å². The molecule has 1 atom stereocenters. The van der Waals surface area contributed by atoms with Crippen LogP contribution in [0.3, 0.4) is 0 Å². The first-order chi connectivity index (χ1) is 13.1. The Hall–Kier alpha value is -1.34. The summed E-state index contributed by atoms with van der Waals surface area (Å²) in [5, 5.41) is 0. The van der Waals surface area contributed by atoms with E-state index >= 15 is 0 Å². The van der Waals surface area contributed by atoms with Gasteiger partial charge in [0.25, 0.3) is 5.91 Å². The molecule has 1 aromatic rings. The zero-order valence-electron chi connectivity index (χ0n) is 15.6. The fourth-order valence-electron chi connectivity index (χ4n) is 3.51. The average molecular weight is 409 g/mol. The molecule has 0 bridgehead atoms. The molecule has 5 nitrogen and oxygen atoms in total. The van der Waals surface area contributed by atoms with E-state index < -0.39 is 0 Å². The second-order valence-electron chi connectivity index (χ2n) is 7.14. The molecular formula is C20H28N2O3S2. The highest BCUT2D eigenvalue weighted by molar-refractivity contribution is 8.16. The van der Waals surface area contributed by atoms with Gasteiger partial charge in [0, 0.05) is 19.5 Å². The maximum atomic E-state index is 12.5. The van der Waals surface area contributed by atoms with E-state index in [1.807, 2.05) is 40.6 Å². The van der Waals surface area contributed by atoms with Crippen molar-refractivity contribution in [3.05, 3.63) is 29.8 Å². The molecule has 2 amide bonds. The standard InChI is InChI=1S/C20H28N2O3S2/c21-18(23)9-4-15-3-1-10-22(13-15)19(24)14-25-17-7-5-16(6-8-17)20-26-11-2-12-27-20/h5-8,15,20H,1-4,9-14H2,(H2,21,23). The molecule has 0 radical (unpaired) electrons. The number of ether oxygens (including phenoxy) is 1. The maximum Gasteiger partial charge on any atom is 0.260 e. The number of benzene rings is 1. The Balaban J connectivity index is 1.44. The third-order valence-electron chi connectivity index (χ3n) is 5.01. The fraction of sp³-hybridized carbons (Fsp3) is 0.600. The molecule has 2 aliphatic rings. The molecule has 0 aromatic heterocycles. The molecular weight excluding hydrogens is 380 g/mol. The summed E-state index contributed by atoms with van der Waals surface area (Å²) in [6, 6.07) is 8.14. The zero-order chi connectivity index (χ0) is 19.1. The van der Waals surface area contributed by atoms with Crippen LogP contribution >= 0.6 is 23.5 Å². The minimum absolute atomic E-state index is 0.0150. The highest BCUT2D eigenvalue weighted by atomic mass is 32.2. The number of thioether (sulfide) groups is 2. The third kappa shape index (κ3) is 6.35. The SMILES string of the molecule is NC(=O)CCC1CCCN(C(=O)COc2ccc(C3SCCCS3)cc2)C1. The number of carbonyl (C=O) groups is 2. The summed E-state index contributed by atoms with van der Waals surface area (Å²) in [4.78, 5) is 25.3. The number of nitrogens with two attached hydrogens (primary N) is 1. The molecule has 2 N–H and O–H groups in total. The number of carbonyl (C=O) groups excluding carboxylic acids is 2. The Labute approximate surface area is 169 Å². The predicted molar refractivity (Wildman–Crippen MR) is 112 cm³/mol. The normalized spacial score (nSPS) is 21.0. The molecule has 0 spiro atoms. The summed E-state index contributed by atoms with van der Waals surface area (Å²) in [6.07, 6.45) is 4.47. The molecule has 7 heteroatoms. The van der Waals surface area contributed by atoms with Crippen LogP contribution in [0.5, 0.6) is 5.75 Å². The molecule has 148 valence electrons. The first-order valence-corrected chi connectivity index (χ1v) is 11.7. The molecule has 27 heavy (non-hydrogen) atoms. The summed E-state index contributed by atoms with van der Waals surface area (Å²) >= 11 is 3.99. The number of amides is 2. The van der Waals surface area contributed by atoms with E-state index in [4.69, 9.17) is 10.5 Å². The van der Waals surface area contributed by atoms with Gasteiger partial charge in [-0.15, -0.1) is 23.5 Å². The Bertz CT molecular complexity index is 633. The Morgan fingerprint density at radius 1 is 1.15 bits per heavy atom. The molecule has 2 fully saturated rings. The lowest BCUT2D eigenvalue weighted by atomic mass is 9.93. The molecule has 2 aliphatic heterocycles. The monoisotopic (exact) mass is 408 g/mol. The topological polar surface area (TPSA) is 72.6 Å². The Morgan fingerprint density at radius 3 is 2.59 bits per heavy atom. The van der Waals surface area contributed by atoms with Gasteiger partial charge in [-0.25, -0.2) is 0 Å². The van der Waals surface area contributed by atoms with E-state index in [1.165, 1.54) is 23.5 Å². The van der Waals surface area contributed by atoms with Crippen molar-refractivity contribution in [2.75, 3.05) is 31.2 Å². The quantitative estimate of drug-likeness (QED) is 0.748. The molecule has 2 heterocycles. The van der Waals surface area contributed by atoms with Gasteiger partial charge in [-0.1, -0.05) is 12.1 Å². The smallest absolute Gasteiger partial charge is 0.260 e.